The van der Waals surface area contributed by atoms with Crippen molar-refractivity contribution in [1.29, 1.82) is 0 Å². The van der Waals surface area contributed by atoms with E-state index in [0.717, 1.165) is 49.2 Å². The van der Waals surface area contributed by atoms with E-state index in [0.29, 0.717) is 6.04 Å². The topological polar surface area (TPSA) is 34.1 Å². The average Bonchev–Trinajstić information content (AvgIpc) is 2.38. The van der Waals surface area contributed by atoms with Crippen molar-refractivity contribution in [2.24, 2.45) is 0 Å². The van der Waals surface area contributed by atoms with Gasteiger partial charge in [-0.2, -0.15) is 0 Å². The third-order valence-corrected chi connectivity index (χ3v) is 3.21. The molecule has 0 aromatic carbocycles. The van der Waals surface area contributed by atoms with Crippen molar-refractivity contribution in [1.82, 2.24) is 10.3 Å². The van der Waals surface area contributed by atoms with Gasteiger partial charge in [-0.3, -0.25) is 4.98 Å². The maximum atomic E-state index is 5.43. The van der Waals surface area contributed by atoms with Crippen molar-refractivity contribution in [3.63, 3.8) is 0 Å². The van der Waals surface area contributed by atoms with Crippen LogP contribution >= 0.6 is 15.9 Å². The molecule has 0 saturated carbocycles. The molecule has 1 atom stereocenters. The number of ether oxygens (including phenoxy) is 1. The van der Waals surface area contributed by atoms with Gasteiger partial charge in [0.15, 0.2) is 0 Å². The summed E-state index contributed by atoms with van der Waals surface area (Å²) in [5.74, 6) is 0. The molecule has 102 valence electrons. The van der Waals surface area contributed by atoms with Gasteiger partial charge in [-0.1, -0.05) is 6.92 Å². The standard InChI is InChI=1S/C14H23BrN2O/c1-3-8-16-14(7-9-18-4-2)10-13-6-5-12(15)11-17-13/h5-6,11,14,16H,3-4,7-10H2,1-2H3. The Balaban J connectivity index is 2.45. The number of aromatic nitrogens is 1. The van der Waals surface area contributed by atoms with Crippen LogP contribution in [0.5, 0.6) is 0 Å². The molecule has 1 aromatic heterocycles. The maximum Gasteiger partial charge on any atom is 0.0480 e. The van der Waals surface area contributed by atoms with Crippen LogP contribution in [0.15, 0.2) is 22.8 Å². The molecule has 1 heterocycles. The molecule has 1 unspecified atom stereocenters. The van der Waals surface area contributed by atoms with Gasteiger partial charge < -0.3 is 10.1 Å². The van der Waals surface area contributed by atoms with Crippen molar-refractivity contribution in [2.45, 2.75) is 39.2 Å². The lowest BCUT2D eigenvalue weighted by atomic mass is 10.1. The number of nitrogens with one attached hydrogen (secondary N) is 1. The van der Waals surface area contributed by atoms with E-state index in [1.807, 2.05) is 19.2 Å². The van der Waals surface area contributed by atoms with Crippen LogP contribution in [0.4, 0.5) is 0 Å². The van der Waals surface area contributed by atoms with Crippen molar-refractivity contribution < 1.29 is 4.74 Å². The summed E-state index contributed by atoms with van der Waals surface area (Å²) in [5, 5.41) is 3.56. The molecule has 0 saturated heterocycles. The summed E-state index contributed by atoms with van der Waals surface area (Å²) in [6.07, 6.45) is 5.00. The molecule has 1 rings (SSSR count). The number of halogens is 1. The lowest BCUT2D eigenvalue weighted by Gasteiger charge is -2.18. The lowest BCUT2D eigenvalue weighted by Crippen LogP contribution is -2.33. The molecular weight excluding hydrogens is 292 g/mol. The summed E-state index contributed by atoms with van der Waals surface area (Å²) in [4.78, 5) is 4.43. The minimum absolute atomic E-state index is 0.449. The van der Waals surface area contributed by atoms with Gasteiger partial charge in [-0.25, -0.2) is 0 Å². The quantitative estimate of drug-likeness (QED) is 0.711. The largest absolute Gasteiger partial charge is 0.382 e. The zero-order valence-electron chi connectivity index (χ0n) is 11.3. The second-order valence-electron chi connectivity index (χ2n) is 4.31. The second kappa shape index (κ2) is 9.48. The zero-order valence-corrected chi connectivity index (χ0v) is 12.9. The Morgan fingerprint density at radius 1 is 1.39 bits per heavy atom. The smallest absolute Gasteiger partial charge is 0.0480 e. The molecule has 4 heteroatoms. The van der Waals surface area contributed by atoms with Crippen LogP contribution in [-0.2, 0) is 11.2 Å². The van der Waals surface area contributed by atoms with Gasteiger partial charge >= 0.3 is 0 Å². The SMILES string of the molecule is CCCNC(CCOCC)Cc1ccc(Br)cn1. The van der Waals surface area contributed by atoms with Crippen LogP contribution in [0.3, 0.4) is 0 Å². The molecule has 0 aliphatic rings. The minimum Gasteiger partial charge on any atom is -0.382 e. The van der Waals surface area contributed by atoms with Crippen LogP contribution in [-0.4, -0.2) is 30.8 Å². The van der Waals surface area contributed by atoms with Gasteiger partial charge in [0.25, 0.3) is 0 Å². The molecule has 0 aliphatic heterocycles. The van der Waals surface area contributed by atoms with E-state index in [-0.39, 0.29) is 0 Å². The Kier molecular flexibility index (Phi) is 8.22. The van der Waals surface area contributed by atoms with Crippen LogP contribution in [0.2, 0.25) is 0 Å². The second-order valence-corrected chi connectivity index (χ2v) is 5.22. The Labute approximate surface area is 118 Å². The van der Waals surface area contributed by atoms with Gasteiger partial charge in [0, 0.05) is 42.0 Å². The Morgan fingerprint density at radius 3 is 2.83 bits per heavy atom. The molecule has 0 aliphatic carbocycles. The van der Waals surface area contributed by atoms with Crippen molar-refractivity contribution in [3.8, 4) is 0 Å². The highest BCUT2D eigenvalue weighted by molar-refractivity contribution is 9.10. The summed E-state index contributed by atoms with van der Waals surface area (Å²) in [6.45, 7) is 6.87. The summed E-state index contributed by atoms with van der Waals surface area (Å²) in [7, 11) is 0. The first-order valence-electron chi connectivity index (χ1n) is 6.67. The Morgan fingerprint density at radius 2 is 2.22 bits per heavy atom. The molecule has 3 nitrogen and oxygen atoms in total. The van der Waals surface area contributed by atoms with E-state index < -0.39 is 0 Å². The number of hydrogen-bond donors (Lipinski definition) is 1. The molecular formula is C14H23BrN2O. The monoisotopic (exact) mass is 314 g/mol. The summed E-state index contributed by atoms with van der Waals surface area (Å²) < 4.78 is 6.46. The molecule has 1 N–H and O–H groups in total. The maximum absolute atomic E-state index is 5.43. The summed E-state index contributed by atoms with van der Waals surface area (Å²) in [5.41, 5.74) is 1.13. The van der Waals surface area contributed by atoms with Crippen LogP contribution in [0.25, 0.3) is 0 Å². The fraction of sp³-hybridized carbons (Fsp3) is 0.643. The molecule has 0 amide bonds. The van der Waals surface area contributed by atoms with Crippen molar-refractivity contribution >= 4 is 15.9 Å². The van der Waals surface area contributed by atoms with E-state index in [4.69, 9.17) is 4.74 Å². The minimum atomic E-state index is 0.449. The number of hydrogen-bond acceptors (Lipinski definition) is 3. The van der Waals surface area contributed by atoms with E-state index in [9.17, 15) is 0 Å². The first-order chi connectivity index (χ1) is 8.76. The molecule has 18 heavy (non-hydrogen) atoms. The van der Waals surface area contributed by atoms with Crippen LogP contribution < -0.4 is 5.32 Å². The van der Waals surface area contributed by atoms with Gasteiger partial charge in [-0.05, 0) is 54.4 Å². The van der Waals surface area contributed by atoms with Crippen molar-refractivity contribution in [2.75, 3.05) is 19.8 Å². The fourth-order valence-electron chi connectivity index (χ4n) is 1.77. The van der Waals surface area contributed by atoms with Crippen molar-refractivity contribution in [3.05, 3.63) is 28.5 Å². The fourth-order valence-corrected chi connectivity index (χ4v) is 2.01. The Bertz CT molecular complexity index is 316. The Hall–Kier alpha value is -0.450. The van der Waals surface area contributed by atoms with E-state index in [1.165, 1.54) is 0 Å². The highest BCUT2D eigenvalue weighted by Crippen LogP contribution is 2.10. The predicted molar refractivity (Wildman–Crippen MR) is 78.8 cm³/mol. The average molecular weight is 315 g/mol. The highest BCUT2D eigenvalue weighted by atomic mass is 79.9. The third kappa shape index (κ3) is 6.47. The third-order valence-electron chi connectivity index (χ3n) is 2.74. The lowest BCUT2D eigenvalue weighted by molar-refractivity contribution is 0.136. The van der Waals surface area contributed by atoms with Gasteiger partial charge in [0.2, 0.25) is 0 Å². The molecule has 1 aromatic rings. The van der Waals surface area contributed by atoms with Crippen LogP contribution in [0.1, 0.15) is 32.4 Å². The van der Waals surface area contributed by atoms with Crippen LogP contribution in [0, 0.1) is 0 Å². The highest BCUT2D eigenvalue weighted by Gasteiger charge is 2.09. The number of pyridine rings is 1. The molecule has 0 spiro atoms. The first-order valence-corrected chi connectivity index (χ1v) is 7.47. The predicted octanol–water partition coefficient (Wildman–Crippen LogP) is 3.18. The summed E-state index contributed by atoms with van der Waals surface area (Å²) in [6, 6.07) is 4.57. The number of nitrogens with zero attached hydrogens (tertiary/aromatic N) is 1. The van der Waals surface area contributed by atoms with Gasteiger partial charge in [0.05, 0.1) is 0 Å². The normalized spacial score (nSPS) is 12.6. The van der Waals surface area contributed by atoms with E-state index >= 15 is 0 Å². The van der Waals surface area contributed by atoms with E-state index in [2.05, 4.69) is 39.2 Å². The van der Waals surface area contributed by atoms with E-state index in [1.54, 1.807) is 0 Å². The van der Waals surface area contributed by atoms with Gasteiger partial charge in [-0.15, -0.1) is 0 Å². The number of rotatable bonds is 9. The molecule has 0 radical (unpaired) electrons. The molecule has 0 fully saturated rings. The molecule has 0 bridgehead atoms. The summed E-state index contributed by atoms with van der Waals surface area (Å²) >= 11 is 3.41. The first kappa shape index (κ1) is 15.6. The van der Waals surface area contributed by atoms with Gasteiger partial charge in [0.1, 0.15) is 0 Å². The zero-order chi connectivity index (χ0) is 13.2.